The minimum Gasteiger partial charge on any atom is -0.369 e. The van der Waals surface area contributed by atoms with E-state index in [-0.39, 0.29) is 5.56 Å². The van der Waals surface area contributed by atoms with E-state index in [1.807, 2.05) is 41.0 Å². The van der Waals surface area contributed by atoms with Crippen molar-refractivity contribution < 1.29 is 0 Å². The van der Waals surface area contributed by atoms with Gasteiger partial charge in [0.15, 0.2) is 0 Å². The summed E-state index contributed by atoms with van der Waals surface area (Å²) in [5.41, 5.74) is 2.99. The molecule has 0 spiro atoms. The fourth-order valence-corrected chi connectivity index (χ4v) is 3.81. The molecule has 0 bridgehead atoms. The largest absolute Gasteiger partial charge is 0.369 e. The monoisotopic (exact) mass is 382 g/mol. The second kappa shape index (κ2) is 8.11. The molecule has 140 valence electrons. The normalized spacial score (nSPS) is 15.4. The quantitative estimate of drug-likeness (QED) is 0.679. The van der Waals surface area contributed by atoms with Crippen LogP contribution in [0.5, 0.6) is 0 Å². The van der Waals surface area contributed by atoms with Gasteiger partial charge in [-0.2, -0.15) is 0 Å². The molecule has 1 fully saturated rings. The van der Waals surface area contributed by atoms with E-state index in [1.165, 1.54) is 11.9 Å². The van der Waals surface area contributed by atoms with Crippen molar-refractivity contribution in [1.82, 2.24) is 14.5 Å². The lowest BCUT2D eigenvalue weighted by atomic mass is 10.2. The lowest BCUT2D eigenvalue weighted by molar-refractivity contribution is 0.250. The van der Waals surface area contributed by atoms with E-state index in [2.05, 4.69) is 26.9 Å². The first kappa shape index (κ1) is 18.0. The molecule has 0 aliphatic carbocycles. The van der Waals surface area contributed by atoms with E-state index in [0.717, 1.165) is 61.7 Å². The van der Waals surface area contributed by atoms with Crippen LogP contribution in [0.25, 0.3) is 11.0 Å². The van der Waals surface area contributed by atoms with Gasteiger partial charge in [-0.05, 0) is 49.4 Å². The van der Waals surface area contributed by atoms with E-state index < -0.39 is 0 Å². The summed E-state index contributed by atoms with van der Waals surface area (Å²) in [6, 6.07) is 15.9. The number of piperazine rings is 1. The molecule has 1 aliphatic heterocycles. The summed E-state index contributed by atoms with van der Waals surface area (Å²) >= 11 is 5.97. The molecule has 0 amide bonds. The van der Waals surface area contributed by atoms with Gasteiger partial charge in [-0.1, -0.05) is 23.7 Å². The summed E-state index contributed by atoms with van der Waals surface area (Å²) in [6.07, 6.45) is 2.38. The predicted molar refractivity (Wildman–Crippen MR) is 111 cm³/mol. The van der Waals surface area contributed by atoms with Crippen molar-refractivity contribution >= 4 is 28.3 Å². The maximum absolute atomic E-state index is 12.2. The molecule has 0 atom stereocenters. The second-order valence-corrected chi connectivity index (χ2v) is 7.33. The van der Waals surface area contributed by atoms with Crippen molar-refractivity contribution in [3.63, 3.8) is 0 Å². The third-order valence-electron chi connectivity index (χ3n) is 5.17. The number of hydrogen-bond acceptors (Lipinski definition) is 4. The summed E-state index contributed by atoms with van der Waals surface area (Å²) in [7, 11) is 0. The van der Waals surface area contributed by atoms with Crippen LogP contribution in [0.3, 0.4) is 0 Å². The number of aromatic nitrogens is 2. The molecule has 3 aromatic rings. The molecule has 1 aromatic heterocycles. The third kappa shape index (κ3) is 4.15. The van der Waals surface area contributed by atoms with Crippen molar-refractivity contribution in [2.75, 3.05) is 37.6 Å². The highest BCUT2D eigenvalue weighted by Gasteiger charge is 2.17. The van der Waals surface area contributed by atoms with Gasteiger partial charge in [-0.3, -0.25) is 9.69 Å². The topological polar surface area (TPSA) is 41.4 Å². The van der Waals surface area contributed by atoms with Gasteiger partial charge in [0.25, 0.3) is 5.56 Å². The van der Waals surface area contributed by atoms with E-state index in [0.29, 0.717) is 0 Å². The first-order valence-electron chi connectivity index (χ1n) is 9.38. The Hall–Kier alpha value is -2.37. The van der Waals surface area contributed by atoms with Gasteiger partial charge in [0.2, 0.25) is 0 Å². The van der Waals surface area contributed by atoms with E-state index in [1.54, 1.807) is 0 Å². The molecule has 1 saturated heterocycles. The number of nitrogens with zero attached hydrogens (tertiary/aromatic N) is 4. The van der Waals surface area contributed by atoms with Crippen LogP contribution in [0, 0.1) is 0 Å². The Morgan fingerprint density at radius 3 is 2.44 bits per heavy atom. The van der Waals surface area contributed by atoms with Gasteiger partial charge in [0.05, 0.1) is 17.2 Å². The SMILES string of the molecule is O=c1cnc2ccccc2n1CCCN1CCN(c2ccc(Cl)cc2)CC1. The van der Waals surface area contributed by atoms with Gasteiger partial charge in [0, 0.05) is 43.4 Å². The minimum atomic E-state index is -0.0266. The standard InChI is InChI=1S/C21H23ClN4O/c22-17-6-8-18(9-7-17)25-14-12-24(13-15-25)10-3-11-26-20-5-2-1-4-19(20)23-16-21(26)27/h1-2,4-9,16H,3,10-15H2. The van der Waals surface area contributed by atoms with E-state index >= 15 is 0 Å². The highest BCUT2D eigenvalue weighted by atomic mass is 35.5. The maximum Gasteiger partial charge on any atom is 0.269 e. The van der Waals surface area contributed by atoms with Crippen molar-refractivity contribution in [3.8, 4) is 0 Å². The Labute approximate surface area is 163 Å². The average molecular weight is 383 g/mol. The lowest BCUT2D eigenvalue weighted by Crippen LogP contribution is -2.46. The molecule has 5 nitrogen and oxygen atoms in total. The molecule has 1 aliphatic rings. The van der Waals surface area contributed by atoms with Gasteiger partial charge in [-0.25, -0.2) is 4.98 Å². The summed E-state index contributed by atoms with van der Waals surface area (Å²) < 4.78 is 1.84. The second-order valence-electron chi connectivity index (χ2n) is 6.90. The van der Waals surface area contributed by atoms with Gasteiger partial charge in [0.1, 0.15) is 0 Å². The van der Waals surface area contributed by atoms with Crippen LogP contribution in [-0.4, -0.2) is 47.2 Å². The van der Waals surface area contributed by atoms with Crippen LogP contribution < -0.4 is 10.5 Å². The van der Waals surface area contributed by atoms with Crippen LogP contribution in [0.2, 0.25) is 5.02 Å². The predicted octanol–water partition coefficient (Wildman–Crippen LogP) is 3.26. The number of para-hydroxylation sites is 2. The molecular formula is C21H23ClN4O. The number of benzene rings is 2. The van der Waals surface area contributed by atoms with Crippen molar-refractivity contribution in [2.45, 2.75) is 13.0 Å². The first-order valence-corrected chi connectivity index (χ1v) is 9.76. The minimum absolute atomic E-state index is 0.0266. The van der Waals surface area contributed by atoms with Crippen molar-refractivity contribution in [3.05, 3.63) is 70.1 Å². The molecule has 0 unspecified atom stereocenters. The molecule has 4 rings (SSSR count). The number of rotatable bonds is 5. The molecule has 27 heavy (non-hydrogen) atoms. The fraction of sp³-hybridized carbons (Fsp3) is 0.333. The van der Waals surface area contributed by atoms with Crippen molar-refractivity contribution in [1.29, 1.82) is 0 Å². The maximum atomic E-state index is 12.2. The number of aryl methyl sites for hydroxylation is 1. The zero-order valence-corrected chi connectivity index (χ0v) is 16.0. The molecule has 2 aromatic carbocycles. The van der Waals surface area contributed by atoms with Crippen LogP contribution in [-0.2, 0) is 6.54 Å². The summed E-state index contributed by atoms with van der Waals surface area (Å²) in [5, 5.41) is 0.774. The van der Waals surface area contributed by atoms with Crippen LogP contribution in [0.4, 0.5) is 5.69 Å². The van der Waals surface area contributed by atoms with E-state index in [9.17, 15) is 4.79 Å². The average Bonchev–Trinajstić information content (AvgIpc) is 2.71. The lowest BCUT2D eigenvalue weighted by Gasteiger charge is -2.36. The Morgan fingerprint density at radius 1 is 0.926 bits per heavy atom. The van der Waals surface area contributed by atoms with Crippen molar-refractivity contribution in [2.24, 2.45) is 0 Å². The molecule has 0 radical (unpaired) electrons. The van der Waals surface area contributed by atoms with Gasteiger partial charge < -0.3 is 9.47 Å². The highest BCUT2D eigenvalue weighted by Crippen LogP contribution is 2.19. The number of fused-ring (bicyclic) bond motifs is 1. The molecule has 0 N–H and O–H groups in total. The van der Waals surface area contributed by atoms with Crippen LogP contribution in [0.15, 0.2) is 59.5 Å². The number of halogens is 1. The highest BCUT2D eigenvalue weighted by molar-refractivity contribution is 6.30. The van der Waals surface area contributed by atoms with E-state index in [4.69, 9.17) is 11.6 Å². The Balaban J connectivity index is 1.32. The van der Waals surface area contributed by atoms with Crippen LogP contribution in [0.1, 0.15) is 6.42 Å². The Bertz CT molecular complexity index is 962. The van der Waals surface area contributed by atoms with Gasteiger partial charge >= 0.3 is 0 Å². The molecular weight excluding hydrogens is 360 g/mol. The molecule has 2 heterocycles. The zero-order valence-electron chi connectivity index (χ0n) is 15.2. The fourth-order valence-electron chi connectivity index (χ4n) is 3.68. The Kier molecular flexibility index (Phi) is 5.41. The third-order valence-corrected chi connectivity index (χ3v) is 5.42. The number of hydrogen-bond donors (Lipinski definition) is 0. The first-order chi connectivity index (χ1) is 13.2. The number of anilines is 1. The zero-order chi connectivity index (χ0) is 18.6. The smallest absolute Gasteiger partial charge is 0.269 e. The summed E-state index contributed by atoms with van der Waals surface area (Å²) in [5.74, 6) is 0. The summed E-state index contributed by atoms with van der Waals surface area (Å²) in [6.45, 7) is 5.82. The summed E-state index contributed by atoms with van der Waals surface area (Å²) in [4.78, 5) is 21.3. The molecule has 6 heteroatoms. The Morgan fingerprint density at radius 2 is 1.67 bits per heavy atom. The molecule has 0 saturated carbocycles. The van der Waals surface area contributed by atoms with Crippen LogP contribution >= 0.6 is 11.6 Å². The van der Waals surface area contributed by atoms with Gasteiger partial charge in [-0.15, -0.1) is 0 Å².